The molecule has 0 saturated carbocycles. The molecule has 2 rings (SSSR count). The monoisotopic (exact) mass is 274 g/mol. The Bertz CT molecular complexity index is 723. The summed E-state index contributed by atoms with van der Waals surface area (Å²) in [7, 11) is 0. The minimum atomic E-state index is -1.35. The standard InChI is InChI=1S/C14H14N2O4/c1-8(2)9-3-5-10(6-4-9)16-12(17)7-11(13(18)19)15-14(16)20/h3-8H,1-2H3,(H,15,20)(H,18,19). The summed E-state index contributed by atoms with van der Waals surface area (Å²) in [5.74, 6) is -1.00. The molecule has 2 N–H and O–H groups in total. The topological polar surface area (TPSA) is 92.2 Å². The summed E-state index contributed by atoms with van der Waals surface area (Å²) in [6.45, 7) is 4.07. The summed E-state index contributed by atoms with van der Waals surface area (Å²) >= 11 is 0. The fourth-order valence-electron chi connectivity index (χ4n) is 1.86. The molecule has 0 aliphatic rings. The van der Waals surface area contributed by atoms with E-state index < -0.39 is 22.9 Å². The van der Waals surface area contributed by atoms with Gasteiger partial charge in [-0.3, -0.25) is 4.79 Å². The quantitative estimate of drug-likeness (QED) is 0.883. The van der Waals surface area contributed by atoms with Crippen molar-refractivity contribution in [2.24, 2.45) is 0 Å². The van der Waals surface area contributed by atoms with Crippen LogP contribution < -0.4 is 11.2 Å². The van der Waals surface area contributed by atoms with Crippen LogP contribution in [0.1, 0.15) is 35.8 Å². The van der Waals surface area contributed by atoms with Crippen LogP contribution in [0.25, 0.3) is 5.69 Å². The summed E-state index contributed by atoms with van der Waals surface area (Å²) in [5.41, 5.74) is -0.385. The first-order valence-corrected chi connectivity index (χ1v) is 6.10. The molecule has 0 radical (unpaired) electrons. The van der Waals surface area contributed by atoms with Gasteiger partial charge in [0.15, 0.2) is 0 Å². The average Bonchev–Trinajstić information content (AvgIpc) is 2.38. The number of nitrogens with one attached hydrogen (secondary N) is 1. The molecule has 0 bridgehead atoms. The molecule has 104 valence electrons. The first-order valence-electron chi connectivity index (χ1n) is 6.10. The predicted molar refractivity (Wildman–Crippen MR) is 73.7 cm³/mol. The Morgan fingerprint density at radius 2 is 1.80 bits per heavy atom. The van der Waals surface area contributed by atoms with Gasteiger partial charge in [0.05, 0.1) is 5.69 Å². The number of benzene rings is 1. The van der Waals surface area contributed by atoms with Gasteiger partial charge >= 0.3 is 11.7 Å². The van der Waals surface area contributed by atoms with Gasteiger partial charge in [-0.15, -0.1) is 0 Å². The second-order valence-electron chi connectivity index (χ2n) is 4.71. The van der Waals surface area contributed by atoms with Crippen molar-refractivity contribution < 1.29 is 9.90 Å². The maximum absolute atomic E-state index is 11.9. The highest BCUT2D eigenvalue weighted by Crippen LogP contribution is 2.15. The molecular formula is C14H14N2O4. The molecule has 0 saturated heterocycles. The van der Waals surface area contributed by atoms with E-state index in [1.54, 1.807) is 12.1 Å². The zero-order valence-electron chi connectivity index (χ0n) is 11.1. The van der Waals surface area contributed by atoms with Crippen molar-refractivity contribution in [1.82, 2.24) is 9.55 Å². The Morgan fingerprint density at radius 1 is 1.20 bits per heavy atom. The van der Waals surface area contributed by atoms with Gasteiger partial charge in [0.25, 0.3) is 5.56 Å². The van der Waals surface area contributed by atoms with Crippen molar-refractivity contribution in [3.63, 3.8) is 0 Å². The number of hydrogen-bond donors (Lipinski definition) is 2. The van der Waals surface area contributed by atoms with Crippen LogP contribution in [0.3, 0.4) is 0 Å². The van der Waals surface area contributed by atoms with E-state index in [0.29, 0.717) is 11.6 Å². The lowest BCUT2D eigenvalue weighted by Crippen LogP contribution is -2.35. The van der Waals surface area contributed by atoms with Gasteiger partial charge in [0, 0.05) is 6.07 Å². The van der Waals surface area contributed by atoms with E-state index in [0.717, 1.165) is 16.2 Å². The molecule has 20 heavy (non-hydrogen) atoms. The van der Waals surface area contributed by atoms with E-state index in [4.69, 9.17) is 5.11 Å². The zero-order chi connectivity index (χ0) is 14.9. The minimum Gasteiger partial charge on any atom is -0.477 e. The molecule has 0 atom stereocenters. The van der Waals surface area contributed by atoms with Crippen molar-refractivity contribution in [3.05, 3.63) is 62.4 Å². The molecule has 6 heteroatoms. The van der Waals surface area contributed by atoms with E-state index in [9.17, 15) is 14.4 Å². The molecule has 6 nitrogen and oxygen atoms in total. The van der Waals surface area contributed by atoms with Crippen molar-refractivity contribution in [1.29, 1.82) is 0 Å². The normalized spacial score (nSPS) is 10.8. The van der Waals surface area contributed by atoms with Crippen LogP contribution in [0.4, 0.5) is 0 Å². The number of aromatic amines is 1. The fourth-order valence-corrected chi connectivity index (χ4v) is 1.86. The maximum Gasteiger partial charge on any atom is 0.352 e. The number of aromatic nitrogens is 2. The number of hydrogen-bond acceptors (Lipinski definition) is 3. The zero-order valence-corrected chi connectivity index (χ0v) is 11.1. The molecule has 0 amide bonds. The van der Waals surface area contributed by atoms with Gasteiger partial charge in [-0.05, 0) is 23.6 Å². The van der Waals surface area contributed by atoms with Gasteiger partial charge in [0.1, 0.15) is 5.69 Å². The first-order chi connectivity index (χ1) is 9.40. The summed E-state index contributed by atoms with van der Waals surface area (Å²) in [5, 5.41) is 8.77. The Hall–Kier alpha value is -2.63. The summed E-state index contributed by atoms with van der Waals surface area (Å²) in [4.78, 5) is 36.6. The number of carboxylic acids is 1. The summed E-state index contributed by atoms with van der Waals surface area (Å²) in [6.07, 6.45) is 0. The molecule has 0 spiro atoms. The third kappa shape index (κ3) is 2.54. The fraction of sp³-hybridized carbons (Fsp3) is 0.214. The second kappa shape index (κ2) is 5.16. The molecular weight excluding hydrogens is 260 g/mol. The number of carboxylic acid groups (broad SMARTS) is 1. The van der Waals surface area contributed by atoms with Crippen molar-refractivity contribution in [3.8, 4) is 5.69 Å². The lowest BCUT2D eigenvalue weighted by Gasteiger charge is -2.08. The molecule has 0 unspecified atom stereocenters. The highest BCUT2D eigenvalue weighted by molar-refractivity contribution is 5.84. The summed E-state index contributed by atoms with van der Waals surface area (Å²) in [6, 6.07) is 7.87. The largest absolute Gasteiger partial charge is 0.477 e. The lowest BCUT2D eigenvalue weighted by atomic mass is 10.0. The Balaban J connectivity index is 2.56. The van der Waals surface area contributed by atoms with Crippen LogP contribution in [0.5, 0.6) is 0 Å². The van der Waals surface area contributed by atoms with E-state index in [2.05, 4.69) is 4.98 Å². The molecule has 0 aliphatic heterocycles. The highest BCUT2D eigenvalue weighted by atomic mass is 16.4. The Morgan fingerprint density at radius 3 is 2.25 bits per heavy atom. The van der Waals surface area contributed by atoms with Gasteiger partial charge in [-0.1, -0.05) is 26.0 Å². The number of rotatable bonds is 3. The highest BCUT2D eigenvalue weighted by Gasteiger charge is 2.11. The average molecular weight is 274 g/mol. The van der Waals surface area contributed by atoms with Gasteiger partial charge < -0.3 is 10.1 Å². The van der Waals surface area contributed by atoms with E-state index in [-0.39, 0.29) is 0 Å². The molecule has 0 fully saturated rings. The smallest absolute Gasteiger partial charge is 0.352 e. The first kappa shape index (κ1) is 13.8. The van der Waals surface area contributed by atoms with Gasteiger partial charge in [0.2, 0.25) is 0 Å². The number of aromatic carboxylic acids is 1. The van der Waals surface area contributed by atoms with Crippen molar-refractivity contribution >= 4 is 5.97 Å². The second-order valence-corrected chi connectivity index (χ2v) is 4.71. The minimum absolute atomic E-state index is 0.341. The van der Waals surface area contributed by atoms with Crippen LogP contribution in [-0.2, 0) is 0 Å². The number of H-pyrrole nitrogens is 1. The molecule has 1 aromatic carbocycles. The van der Waals surface area contributed by atoms with E-state index >= 15 is 0 Å². The number of nitrogens with zero attached hydrogens (tertiary/aromatic N) is 1. The third-order valence-electron chi connectivity index (χ3n) is 2.98. The lowest BCUT2D eigenvalue weighted by molar-refractivity contribution is 0.0689. The molecule has 0 aliphatic carbocycles. The molecule has 1 aromatic heterocycles. The van der Waals surface area contributed by atoms with Crippen LogP contribution in [0.15, 0.2) is 39.9 Å². The van der Waals surface area contributed by atoms with Crippen molar-refractivity contribution in [2.75, 3.05) is 0 Å². The summed E-state index contributed by atoms with van der Waals surface area (Å²) < 4.78 is 0.899. The third-order valence-corrected chi connectivity index (χ3v) is 2.98. The van der Waals surface area contributed by atoms with E-state index in [1.807, 2.05) is 26.0 Å². The van der Waals surface area contributed by atoms with Crippen LogP contribution >= 0.6 is 0 Å². The molecule has 1 heterocycles. The number of carbonyl (C=O) groups is 1. The SMILES string of the molecule is CC(C)c1ccc(-n2c(=O)cc(C(=O)O)[nH]c2=O)cc1. The van der Waals surface area contributed by atoms with Crippen LogP contribution in [0.2, 0.25) is 0 Å². The van der Waals surface area contributed by atoms with E-state index in [1.165, 1.54) is 0 Å². The maximum atomic E-state index is 11.9. The Kier molecular flexibility index (Phi) is 3.56. The Labute approximate surface area is 114 Å². The van der Waals surface area contributed by atoms with Gasteiger partial charge in [-0.2, -0.15) is 0 Å². The van der Waals surface area contributed by atoms with Crippen LogP contribution in [-0.4, -0.2) is 20.6 Å². The van der Waals surface area contributed by atoms with Crippen molar-refractivity contribution in [2.45, 2.75) is 19.8 Å². The van der Waals surface area contributed by atoms with Crippen LogP contribution in [0, 0.1) is 0 Å². The molecule has 2 aromatic rings. The predicted octanol–water partition coefficient (Wildman–Crippen LogP) is 1.35. The van der Waals surface area contributed by atoms with Gasteiger partial charge in [-0.25, -0.2) is 14.2 Å².